The van der Waals surface area contributed by atoms with Crippen LogP contribution in [0.3, 0.4) is 0 Å². The molecule has 0 radical (unpaired) electrons. The number of rotatable bonds is 19. The molecule has 0 aliphatic carbocycles. The van der Waals surface area contributed by atoms with E-state index in [-0.39, 0.29) is 12.4 Å². The summed E-state index contributed by atoms with van der Waals surface area (Å²) in [5.41, 5.74) is 0.897. The maximum atomic E-state index is 11.5. The van der Waals surface area contributed by atoms with Crippen molar-refractivity contribution in [1.82, 2.24) is 0 Å². The van der Waals surface area contributed by atoms with Crippen LogP contribution in [0.25, 0.3) is 0 Å². The van der Waals surface area contributed by atoms with Gasteiger partial charge in [0.25, 0.3) is 0 Å². The molecule has 1 aromatic rings. The molecule has 0 bridgehead atoms. The molecule has 0 spiro atoms. The Morgan fingerprint density at radius 2 is 1.37 bits per heavy atom. The molecule has 1 rings (SSSR count). The molecule has 0 aromatic heterocycles. The largest absolute Gasteiger partial charge is 0.493 e. The van der Waals surface area contributed by atoms with Crippen molar-refractivity contribution in [3.05, 3.63) is 42.0 Å². The molecule has 0 saturated carbocycles. The lowest BCUT2D eigenvalue weighted by Crippen LogP contribution is -2.07. The summed E-state index contributed by atoms with van der Waals surface area (Å²) in [7, 11) is 1.42. The summed E-state index contributed by atoms with van der Waals surface area (Å²) in [5, 5.41) is 0. The highest BCUT2D eigenvalue weighted by atomic mass is 16.5. The van der Waals surface area contributed by atoms with Crippen molar-refractivity contribution in [3.63, 3.8) is 0 Å². The third-order valence-electron chi connectivity index (χ3n) is 5.45. The molecule has 3 nitrogen and oxygen atoms in total. The van der Waals surface area contributed by atoms with Gasteiger partial charge in [-0.15, -0.1) is 0 Å². The first-order chi connectivity index (χ1) is 14.8. The van der Waals surface area contributed by atoms with Gasteiger partial charge in [0.1, 0.15) is 5.75 Å². The highest BCUT2D eigenvalue weighted by Gasteiger charge is 2.08. The first kappa shape index (κ1) is 26.3. The maximum absolute atomic E-state index is 11.5. The maximum Gasteiger partial charge on any atom is 0.310 e. The summed E-state index contributed by atoms with van der Waals surface area (Å²) in [6.07, 6.45) is 23.3. The van der Waals surface area contributed by atoms with Crippen molar-refractivity contribution in [2.75, 3.05) is 13.7 Å². The van der Waals surface area contributed by atoms with Crippen LogP contribution in [0.2, 0.25) is 0 Å². The summed E-state index contributed by atoms with van der Waals surface area (Å²) < 4.78 is 10.6. The molecule has 170 valence electrons. The Morgan fingerprint density at radius 1 is 0.800 bits per heavy atom. The predicted molar refractivity (Wildman–Crippen MR) is 127 cm³/mol. The van der Waals surface area contributed by atoms with Crippen LogP contribution in [-0.4, -0.2) is 19.7 Å². The number of para-hydroxylation sites is 1. The average molecular weight is 417 g/mol. The van der Waals surface area contributed by atoms with Crippen LogP contribution in [0.5, 0.6) is 5.75 Å². The highest BCUT2D eigenvalue weighted by molar-refractivity contribution is 5.73. The normalized spacial score (nSPS) is 11.1. The molecule has 0 fully saturated rings. The second kappa shape index (κ2) is 19.2. The third-order valence-corrected chi connectivity index (χ3v) is 5.45. The lowest BCUT2D eigenvalue weighted by molar-refractivity contribution is -0.139. The number of hydrogen-bond donors (Lipinski definition) is 0. The lowest BCUT2D eigenvalue weighted by atomic mass is 10.1. The molecule has 0 atom stereocenters. The van der Waals surface area contributed by atoms with Gasteiger partial charge in [-0.25, -0.2) is 0 Å². The van der Waals surface area contributed by atoms with Gasteiger partial charge in [-0.2, -0.15) is 0 Å². The van der Waals surface area contributed by atoms with Crippen molar-refractivity contribution < 1.29 is 14.3 Å². The first-order valence-electron chi connectivity index (χ1n) is 12.2. The molecular weight excluding hydrogens is 372 g/mol. The number of methoxy groups -OCH3 is 1. The number of unbranched alkanes of at least 4 members (excludes halogenated alkanes) is 12. The van der Waals surface area contributed by atoms with E-state index in [2.05, 4.69) is 19.1 Å². The second-order valence-corrected chi connectivity index (χ2v) is 8.15. The highest BCUT2D eigenvalue weighted by Crippen LogP contribution is 2.19. The van der Waals surface area contributed by atoms with E-state index < -0.39 is 0 Å². The molecule has 3 heteroatoms. The van der Waals surface area contributed by atoms with Gasteiger partial charge in [0, 0.05) is 5.56 Å². The molecule has 0 amide bonds. The Balaban J connectivity index is 1.94. The summed E-state index contributed by atoms with van der Waals surface area (Å²) in [6.45, 7) is 2.98. The number of carbonyl (C=O) groups is 1. The topological polar surface area (TPSA) is 35.5 Å². The van der Waals surface area contributed by atoms with Gasteiger partial charge >= 0.3 is 5.97 Å². The summed E-state index contributed by atoms with van der Waals surface area (Å²) in [6, 6.07) is 7.72. The second-order valence-electron chi connectivity index (χ2n) is 8.15. The number of ether oxygens (including phenoxy) is 2. The number of carbonyl (C=O) groups excluding carboxylic acids is 1. The fourth-order valence-electron chi connectivity index (χ4n) is 3.55. The number of hydrogen-bond acceptors (Lipinski definition) is 3. The van der Waals surface area contributed by atoms with Gasteiger partial charge < -0.3 is 9.47 Å². The van der Waals surface area contributed by atoms with E-state index in [0.717, 1.165) is 17.7 Å². The third kappa shape index (κ3) is 14.3. The van der Waals surface area contributed by atoms with Crippen LogP contribution in [-0.2, 0) is 16.0 Å². The minimum absolute atomic E-state index is 0.233. The number of benzene rings is 1. The van der Waals surface area contributed by atoms with E-state index in [0.29, 0.717) is 6.61 Å². The molecule has 0 aliphatic rings. The van der Waals surface area contributed by atoms with Crippen LogP contribution in [0, 0.1) is 0 Å². The van der Waals surface area contributed by atoms with Crippen LogP contribution in [0.4, 0.5) is 0 Å². The Bertz CT molecular complexity index is 565. The van der Waals surface area contributed by atoms with Crippen molar-refractivity contribution in [2.45, 2.75) is 103 Å². The lowest BCUT2D eigenvalue weighted by Gasteiger charge is -2.10. The van der Waals surface area contributed by atoms with Crippen LogP contribution in [0.1, 0.15) is 102 Å². The number of esters is 1. The zero-order valence-electron chi connectivity index (χ0n) is 19.5. The monoisotopic (exact) mass is 416 g/mol. The van der Waals surface area contributed by atoms with E-state index in [1.165, 1.54) is 90.6 Å². The van der Waals surface area contributed by atoms with Gasteiger partial charge in [-0.05, 0) is 38.2 Å². The summed E-state index contributed by atoms with van der Waals surface area (Å²) in [4.78, 5) is 11.5. The van der Waals surface area contributed by atoms with E-state index in [1.54, 1.807) is 0 Å². The zero-order chi connectivity index (χ0) is 21.7. The van der Waals surface area contributed by atoms with Gasteiger partial charge in [0.2, 0.25) is 0 Å². The summed E-state index contributed by atoms with van der Waals surface area (Å²) >= 11 is 0. The van der Waals surface area contributed by atoms with Crippen molar-refractivity contribution in [2.24, 2.45) is 0 Å². The van der Waals surface area contributed by atoms with Crippen molar-refractivity contribution in [3.8, 4) is 5.75 Å². The Labute approximate surface area is 185 Å². The van der Waals surface area contributed by atoms with E-state index in [9.17, 15) is 4.79 Å². The van der Waals surface area contributed by atoms with Crippen molar-refractivity contribution in [1.29, 1.82) is 0 Å². The Kier molecular flexibility index (Phi) is 16.8. The van der Waals surface area contributed by atoms with Crippen LogP contribution in [0.15, 0.2) is 36.4 Å². The fourth-order valence-corrected chi connectivity index (χ4v) is 3.55. The van der Waals surface area contributed by atoms with Gasteiger partial charge in [-0.3, -0.25) is 4.79 Å². The van der Waals surface area contributed by atoms with Gasteiger partial charge in [0.15, 0.2) is 0 Å². The average Bonchev–Trinajstić information content (AvgIpc) is 2.76. The molecule has 0 unspecified atom stereocenters. The molecule has 0 saturated heterocycles. The Morgan fingerprint density at radius 3 is 2.00 bits per heavy atom. The van der Waals surface area contributed by atoms with E-state index in [1.807, 2.05) is 24.3 Å². The fraction of sp³-hybridized carbons (Fsp3) is 0.667. The molecular formula is C27H44O3. The van der Waals surface area contributed by atoms with E-state index in [4.69, 9.17) is 9.47 Å². The standard InChI is InChI=1S/C27H44O3/c1-3-4-5-6-7-8-9-10-11-12-13-14-15-16-17-20-23-30-26-22-19-18-21-25(26)24-27(28)29-2/h10-11,18-19,21-22H,3-9,12-17,20,23-24H2,1-2H3/b11-10-. The van der Waals surface area contributed by atoms with Crippen LogP contribution >= 0.6 is 0 Å². The predicted octanol–water partition coefficient (Wildman–Crippen LogP) is 7.82. The molecule has 0 heterocycles. The van der Waals surface area contributed by atoms with Gasteiger partial charge in [0.05, 0.1) is 20.1 Å². The van der Waals surface area contributed by atoms with E-state index >= 15 is 0 Å². The van der Waals surface area contributed by atoms with Crippen LogP contribution < -0.4 is 4.74 Å². The smallest absolute Gasteiger partial charge is 0.310 e. The molecule has 1 aromatic carbocycles. The quantitative estimate of drug-likeness (QED) is 0.131. The minimum atomic E-state index is -0.233. The zero-order valence-corrected chi connectivity index (χ0v) is 19.5. The molecule has 0 aliphatic heterocycles. The SMILES string of the molecule is CCCCCCCC/C=C\CCCCCCCCOc1ccccc1CC(=O)OC. The Hall–Kier alpha value is -1.77. The summed E-state index contributed by atoms with van der Waals surface area (Å²) in [5.74, 6) is 0.568. The minimum Gasteiger partial charge on any atom is -0.493 e. The first-order valence-corrected chi connectivity index (χ1v) is 12.2. The molecule has 0 N–H and O–H groups in total. The van der Waals surface area contributed by atoms with Gasteiger partial charge in [-0.1, -0.05) is 95.1 Å². The van der Waals surface area contributed by atoms with Crippen molar-refractivity contribution >= 4 is 5.97 Å². The number of allylic oxidation sites excluding steroid dienone is 2. The molecule has 30 heavy (non-hydrogen) atoms.